The van der Waals surface area contributed by atoms with Gasteiger partial charge in [-0.05, 0) is 37.1 Å². The highest BCUT2D eigenvalue weighted by Crippen LogP contribution is 2.28. The Kier molecular flexibility index (Phi) is 8.13. The Balaban J connectivity index is 1.64. The third kappa shape index (κ3) is 5.80. The van der Waals surface area contributed by atoms with Crippen LogP contribution < -0.4 is 0 Å². The van der Waals surface area contributed by atoms with Crippen LogP contribution in [0.3, 0.4) is 0 Å². The summed E-state index contributed by atoms with van der Waals surface area (Å²) < 4.78 is 6.62. The number of carbonyl (C=O) groups excluding carboxylic acids is 2. The molecule has 0 aliphatic rings. The van der Waals surface area contributed by atoms with Gasteiger partial charge in [-0.3, -0.25) is 4.79 Å². The molecule has 0 aliphatic carbocycles. The van der Waals surface area contributed by atoms with Gasteiger partial charge in [-0.15, -0.1) is 0 Å². The number of ether oxygens (including phenoxy) is 1. The fraction of sp³-hybridized carbons (Fsp3) is 0.208. The third-order valence-electron chi connectivity index (χ3n) is 4.89. The number of carbonyl (C=O) groups is 2. The van der Waals surface area contributed by atoms with E-state index >= 15 is 0 Å². The molecule has 0 spiro atoms. The summed E-state index contributed by atoms with van der Waals surface area (Å²) in [5.41, 5.74) is 3.51. The van der Waals surface area contributed by atoms with Gasteiger partial charge in [-0.25, -0.2) is 9.48 Å². The molecular formula is C24H21Cl3N2O3. The van der Waals surface area contributed by atoms with E-state index in [9.17, 15) is 9.59 Å². The predicted molar refractivity (Wildman–Crippen MR) is 128 cm³/mol. The van der Waals surface area contributed by atoms with E-state index in [1.807, 2.05) is 19.1 Å². The maximum Gasteiger partial charge on any atom is 0.331 e. The quantitative estimate of drug-likeness (QED) is 0.214. The second-order valence-corrected chi connectivity index (χ2v) is 8.23. The number of aryl methyl sites for hydroxylation is 2. The fourth-order valence-corrected chi connectivity index (χ4v) is 3.85. The van der Waals surface area contributed by atoms with Crippen LogP contribution in [0, 0.1) is 6.92 Å². The Morgan fingerprint density at radius 3 is 2.34 bits per heavy atom. The minimum Gasteiger partial charge on any atom is -0.454 e. The van der Waals surface area contributed by atoms with Crippen LogP contribution >= 0.6 is 34.8 Å². The van der Waals surface area contributed by atoms with E-state index in [-0.39, 0.29) is 18.9 Å². The molecule has 2 aromatic carbocycles. The summed E-state index contributed by atoms with van der Waals surface area (Å²) >= 11 is 18.9. The molecule has 0 saturated heterocycles. The zero-order valence-corrected chi connectivity index (χ0v) is 19.8. The number of aromatic nitrogens is 2. The van der Waals surface area contributed by atoms with Crippen LogP contribution in [0.2, 0.25) is 15.2 Å². The van der Waals surface area contributed by atoms with E-state index in [4.69, 9.17) is 39.5 Å². The molecule has 1 aromatic heterocycles. The van der Waals surface area contributed by atoms with Gasteiger partial charge in [0.05, 0.1) is 12.2 Å². The maximum atomic E-state index is 12.2. The number of esters is 1. The second kappa shape index (κ2) is 10.8. The molecule has 3 rings (SSSR count). The van der Waals surface area contributed by atoms with Gasteiger partial charge in [-0.1, -0.05) is 72.1 Å². The molecule has 0 radical (unpaired) electrons. The monoisotopic (exact) mass is 490 g/mol. The molecule has 3 aromatic rings. The molecule has 0 bridgehead atoms. The fourth-order valence-electron chi connectivity index (χ4n) is 3.04. The molecule has 1 heterocycles. The number of rotatable bonds is 8. The minimum atomic E-state index is -0.652. The normalized spacial score (nSPS) is 11.2. The Labute approximate surface area is 201 Å². The summed E-state index contributed by atoms with van der Waals surface area (Å²) in [6.45, 7) is 3.74. The highest BCUT2D eigenvalue weighted by Gasteiger charge is 2.15. The lowest BCUT2D eigenvalue weighted by atomic mass is 10.1. The van der Waals surface area contributed by atoms with Crippen LogP contribution in [0.25, 0.3) is 6.08 Å². The molecule has 0 amide bonds. The molecule has 5 nitrogen and oxygen atoms in total. The van der Waals surface area contributed by atoms with Crippen LogP contribution in [-0.2, 0) is 22.5 Å². The molecule has 0 N–H and O–H groups in total. The van der Waals surface area contributed by atoms with Crippen LogP contribution in [0.4, 0.5) is 0 Å². The van der Waals surface area contributed by atoms with Crippen molar-refractivity contribution in [2.45, 2.75) is 26.8 Å². The van der Waals surface area contributed by atoms with Gasteiger partial charge in [0.2, 0.25) is 0 Å². The maximum absolute atomic E-state index is 12.2. The van der Waals surface area contributed by atoms with Gasteiger partial charge in [0, 0.05) is 32.8 Å². The average Bonchev–Trinajstić information content (AvgIpc) is 3.05. The van der Waals surface area contributed by atoms with Crippen molar-refractivity contribution in [3.05, 3.63) is 91.7 Å². The summed E-state index contributed by atoms with van der Waals surface area (Å²) in [5.74, 6) is -0.922. The van der Waals surface area contributed by atoms with Crippen molar-refractivity contribution in [1.29, 1.82) is 0 Å². The van der Waals surface area contributed by atoms with Crippen LogP contribution in [0.15, 0.2) is 48.5 Å². The standard InChI is InChI=1S/C24H21Cl3N2O3/c1-3-16-7-9-17(10-8-16)22(30)14-32-23(31)12-11-18-15(2)28-29(24(18)27)13-19-20(25)5-4-6-21(19)26/h4-12H,3,13-14H2,1-2H3. The number of Topliss-reactive ketones (excluding diaryl/α,β-unsaturated/α-hetero) is 1. The van der Waals surface area contributed by atoms with Gasteiger partial charge in [-0.2, -0.15) is 5.10 Å². The molecule has 0 atom stereocenters. The van der Waals surface area contributed by atoms with Crippen molar-refractivity contribution in [3.8, 4) is 0 Å². The minimum absolute atomic E-state index is 0.270. The van der Waals surface area contributed by atoms with Crippen LogP contribution in [0.1, 0.15) is 39.7 Å². The predicted octanol–water partition coefficient (Wildman–Crippen LogP) is 6.20. The topological polar surface area (TPSA) is 61.2 Å². The molecule has 0 saturated carbocycles. The van der Waals surface area contributed by atoms with Crippen LogP contribution in [0.5, 0.6) is 0 Å². The van der Waals surface area contributed by atoms with Crippen LogP contribution in [-0.4, -0.2) is 28.1 Å². The summed E-state index contributed by atoms with van der Waals surface area (Å²) in [6, 6.07) is 12.5. The smallest absolute Gasteiger partial charge is 0.331 e. The van der Waals surface area contributed by atoms with E-state index in [2.05, 4.69) is 5.10 Å². The molecule has 0 aliphatic heterocycles. The van der Waals surface area contributed by atoms with E-state index in [1.54, 1.807) is 41.9 Å². The van der Waals surface area contributed by atoms with Crippen molar-refractivity contribution in [3.63, 3.8) is 0 Å². The lowest BCUT2D eigenvalue weighted by Crippen LogP contribution is -2.12. The zero-order chi connectivity index (χ0) is 23.3. The number of hydrogen-bond acceptors (Lipinski definition) is 4. The van der Waals surface area contributed by atoms with E-state index in [0.29, 0.717) is 37.6 Å². The van der Waals surface area contributed by atoms with Crippen molar-refractivity contribution in [2.24, 2.45) is 0 Å². The number of benzene rings is 2. The van der Waals surface area contributed by atoms with Gasteiger partial charge in [0.15, 0.2) is 12.4 Å². The number of hydrogen-bond donors (Lipinski definition) is 0. The second-order valence-electron chi connectivity index (χ2n) is 7.06. The molecule has 0 unspecified atom stereocenters. The highest BCUT2D eigenvalue weighted by molar-refractivity contribution is 6.36. The van der Waals surface area contributed by atoms with Crippen molar-refractivity contribution in [2.75, 3.05) is 6.61 Å². The lowest BCUT2D eigenvalue weighted by Gasteiger charge is -2.08. The summed E-state index contributed by atoms with van der Waals surface area (Å²) in [5, 5.41) is 5.75. The van der Waals surface area contributed by atoms with E-state index in [1.165, 1.54) is 12.2 Å². The average molecular weight is 492 g/mol. The summed E-state index contributed by atoms with van der Waals surface area (Å²) in [6.07, 6.45) is 3.62. The summed E-state index contributed by atoms with van der Waals surface area (Å²) in [4.78, 5) is 24.3. The van der Waals surface area contributed by atoms with Gasteiger partial charge >= 0.3 is 5.97 Å². The first-order valence-electron chi connectivity index (χ1n) is 9.93. The van der Waals surface area contributed by atoms with E-state index < -0.39 is 5.97 Å². The Bertz CT molecular complexity index is 1150. The van der Waals surface area contributed by atoms with Gasteiger partial charge < -0.3 is 4.74 Å². The van der Waals surface area contributed by atoms with Crippen molar-refractivity contribution >= 4 is 52.6 Å². The molecular weight excluding hydrogens is 471 g/mol. The molecule has 32 heavy (non-hydrogen) atoms. The largest absolute Gasteiger partial charge is 0.454 e. The lowest BCUT2D eigenvalue weighted by molar-refractivity contribution is -0.136. The van der Waals surface area contributed by atoms with Gasteiger partial charge in [0.1, 0.15) is 5.15 Å². The SMILES string of the molecule is CCc1ccc(C(=O)COC(=O)C=Cc2c(C)nn(Cc3c(Cl)cccc3Cl)c2Cl)cc1. The zero-order valence-electron chi connectivity index (χ0n) is 17.6. The number of nitrogens with zero attached hydrogens (tertiary/aromatic N) is 2. The number of halogens is 3. The first-order chi connectivity index (χ1) is 15.3. The Hall–Kier alpha value is -2.60. The first-order valence-corrected chi connectivity index (χ1v) is 11.1. The van der Waals surface area contributed by atoms with Crippen molar-refractivity contribution in [1.82, 2.24) is 9.78 Å². The molecule has 166 valence electrons. The Morgan fingerprint density at radius 1 is 1.06 bits per heavy atom. The highest BCUT2D eigenvalue weighted by atomic mass is 35.5. The van der Waals surface area contributed by atoms with Gasteiger partial charge in [0.25, 0.3) is 0 Å². The molecule has 8 heteroatoms. The summed E-state index contributed by atoms with van der Waals surface area (Å²) in [7, 11) is 0. The number of ketones is 1. The Morgan fingerprint density at radius 2 is 1.72 bits per heavy atom. The first kappa shape index (κ1) is 24.1. The third-order valence-corrected chi connectivity index (χ3v) is 6.00. The van der Waals surface area contributed by atoms with Crippen molar-refractivity contribution < 1.29 is 14.3 Å². The molecule has 0 fully saturated rings. The van der Waals surface area contributed by atoms with E-state index in [0.717, 1.165) is 12.0 Å².